The number of aromatic nitrogens is 2. The van der Waals surface area contributed by atoms with Gasteiger partial charge < -0.3 is 20.7 Å². The van der Waals surface area contributed by atoms with E-state index in [1.165, 1.54) is 11.2 Å². The first kappa shape index (κ1) is 12.6. The molecular weight excluding hydrogens is 236 g/mol. The van der Waals surface area contributed by atoms with Crippen LogP contribution in [0.3, 0.4) is 0 Å². The molecule has 1 aromatic heterocycles. The molecule has 2 rings (SSSR count). The SMILES string of the molecule is CC(CN)C(=O)N1Cc2[nH]cnc2CC1C(=O)O. The summed E-state index contributed by atoms with van der Waals surface area (Å²) in [4.78, 5) is 31.7. The number of carboxylic acid groups (broad SMARTS) is 1. The summed E-state index contributed by atoms with van der Waals surface area (Å²) >= 11 is 0. The second-order valence-corrected chi connectivity index (χ2v) is 4.49. The van der Waals surface area contributed by atoms with Gasteiger partial charge in [0.2, 0.25) is 5.91 Å². The van der Waals surface area contributed by atoms with Crippen LogP contribution in [0.25, 0.3) is 0 Å². The lowest BCUT2D eigenvalue weighted by Gasteiger charge is -2.33. The Labute approximate surface area is 104 Å². The summed E-state index contributed by atoms with van der Waals surface area (Å²) in [5.74, 6) is -1.62. The molecule has 0 spiro atoms. The van der Waals surface area contributed by atoms with Crippen LogP contribution in [0.1, 0.15) is 18.3 Å². The number of imidazole rings is 1. The summed E-state index contributed by atoms with van der Waals surface area (Å²) in [7, 11) is 0. The van der Waals surface area contributed by atoms with Crippen molar-refractivity contribution in [3.05, 3.63) is 17.7 Å². The van der Waals surface area contributed by atoms with Crippen LogP contribution in [0.4, 0.5) is 0 Å². The van der Waals surface area contributed by atoms with E-state index in [0.29, 0.717) is 5.69 Å². The van der Waals surface area contributed by atoms with E-state index in [4.69, 9.17) is 5.73 Å². The van der Waals surface area contributed by atoms with E-state index >= 15 is 0 Å². The van der Waals surface area contributed by atoms with Crippen molar-refractivity contribution in [2.45, 2.75) is 25.9 Å². The average molecular weight is 252 g/mol. The van der Waals surface area contributed by atoms with Crippen LogP contribution in [0.2, 0.25) is 0 Å². The molecule has 7 heteroatoms. The normalized spacial score (nSPS) is 20.3. The number of rotatable bonds is 3. The van der Waals surface area contributed by atoms with Gasteiger partial charge in [-0.25, -0.2) is 9.78 Å². The van der Waals surface area contributed by atoms with E-state index in [1.54, 1.807) is 6.92 Å². The molecule has 0 fully saturated rings. The molecule has 2 unspecified atom stereocenters. The molecule has 1 aromatic rings. The molecule has 4 N–H and O–H groups in total. The number of hydrogen-bond acceptors (Lipinski definition) is 4. The van der Waals surface area contributed by atoms with Crippen LogP contribution in [-0.2, 0) is 22.6 Å². The third kappa shape index (κ3) is 2.08. The number of carboxylic acids is 1. The van der Waals surface area contributed by atoms with E-state index in [-0.39, 0.29) is 31.3 Å². The molecule has 1 aliphatic rings. The lowest BCUT2D eigenvalue weighted by Crippen LogP contribution is -2.51. The molecule has 0 saturated heterocycles. The van der Waals surface area contributed by atoms with E-state index < -0.39 is 12.0 Å². The molecule has 0 radical (unpaired) electrons. The maximum absolute atomic E-state index is 12.1. The minimum absolute atomic E-state index is 0.206. The van der Waals surface area contributed by atoms with Gasteiger partial charge in [-0.3, -0.25) is 4.79 Å². The minimum atomic E-state index is -1.01. The Morgan fingerprint density at radius 3 is 3.06 bits per heavy atom. The quantitative estimate of drug-likeness (QED) is 0.661. The number of aliphatic carboxylic acids is 1. The predicted octanol–water partition coefficient (Wildman–Crippen LogP) is -0.658. The first-order valence-corrected chi connectivity index (χ1v) is 5.79. The molecule has 0 saturated carbocycles. The molecule has 0 bridgehead atoms. The molecular formula is C11H16N4O3. The van der Waals surface area contributed by atoms with Gasteiger partial charge in [-0.05, 0) is 0 Å². The number of carbonyl (C=O) groups excluding carboxylic acids is 1. The van der Waals surface area contributed by atoms with Gasteiger partial charge >= 0.3 is 5.97 Å². The van der Waals surface area contributed by atoms with Crippen LogP contribution in [0, 0.1) is 5.92 Å². The van der Waals surface area contributed by atoms with E-state index in [2.05, 4.69) is 9.97 Å². The van der Waals surface area contributed by atoms with E-state index in [0.717, 1.165) is 5.69 Å². The molecule has 0 aliphatic carbocycles. The smallest absolute Gasteiger partial charge is 0.326 e. The Bertz CT molecular complexity index is 471. The number of aromatic amines is 1. The van der Waals surface area contributed by atoms with Gasteiger partial charge in [-0.1, -0.05) is 6.92 Å². The first-order valence-electron chi connectivity index (χ1n) is 5.79. The number of nitrogens with one attached hydrogen (secondary N) is 1. The van der Waals surface area contributed by atoms with Crippen molar-refractivity contribution in [1.29, 1.82) is 0 Å². The Hall–Kier alpha value is -1.89. The lowest BCUT2D eigenvalue weighted by atomic mass is 10.00. The highest BCUT2D eigenvalue weighted by Crippen LogP contribution is 2.22. The van der Waals surface area contributed by atoms with Gasteiger partial charge in [0.05, 0.1) is 24.3 Å². The fourth-order valence-corrected chi connectivity index (χ4v) is 2.07. The summed E-state index contributed by atoms with van der Waals surface area (Å²) in [5.41, 5.74) is 6.97. The van der Waals surface area contributed by atoms with Crippen molar-refractivity contribution < 1.29 is 14.7 Å². The summed E-state index contributed by atoms with van der Waals surface area (Å²) < 4.78 is 0. The number of nitrogens with two attached hydrogens (primary N) is 1. The number of nitrogens with zero attached hydrogens (tertiary/aromatic N) is 2. The van der Waals surface area contributed by atoms with Gasteiger partial charge in [-0.15, -0.1) is 0 Å². The Balaban J connectivity index is 2.27. The molecule has 98 valence electrons. The zero-order chi connectivity index (χ0) is 13.3. The molecule has 1 aliphatic heterocycles. The molecule has 2 heterocycles. The fraction of sp³-hybridized carbons (Fsp3) is 0.545. The van der Waals surface area contributed by atoms with Gasteiger partial charge in [0.15, 0.2) is 0 Å². The van der Waals surface area contributed by atoms with Gasteiger partial charge in [-0.2, -0.15) is 0 Å². The third-order valence-electron chi connectivity index (χ3n) is 3.24. The zero-order valence-electron chi connectivity index (χ0n) is 10.1. The van der Waals surface area contributed by atoms with Crippen LogP contribution < -0.4 is 5.73 Å². The number of fused-ring (bicyclic) bond motifs is 1. The number of carbonyl (C=O) groups is 2. The Morgan fingerprint density at radius 1 is 1.72 bits per heavy atom. The van der Waals surface area contributed by atoms with Crippen molar-refractivity contribution in [2.24, 2.45) is 11.7 Å². The standard InChI is InChI=1S/C11H16N4O3/c1-6(3-12)10(16)15-4-8-7(13-5-14-8)2-9(15)11(17)18/h5-6,9H,2-4,12H2,1H3,(H,13,14)(H,17,18). The molecule has 18 heavy (non-hydrogen) atoms. The number of hydrogen-bond donors (Lipinski definition) is 3. The highest BCUT2D eigenvalue weighted by Gasteiger charge is 2.37. The highest BCUT2D eigenvalue weighted by molar-refractivity contribution is 5.85. The van der Waals surface area contributed by atoms with E-state index in [1.807, 2.05) is 0 Å². The Morgan fingerprint density at radius 2 is 2.44 bits per heavy atom. The summed E-state index contributed by atoms with van der Waals surface area (Å²) in [6, 6.07) is -0.859. The lowest BCUT2D eigenvalue weighted by molar-refractivity contribution is -0.153. The molecule has 0 aromatic carbocycles. The van der Waals surface area contributed by atoms with Gasteiger partial charge in [0.25, 0.3) is 0 Å². The maximum atomic E-state index is 12.1. The van der Waals surface area contributed by atoms with Gasteiger partial charge in [0, 0.05) is 18.9 Å². The second-order valence-electron chi connectivity index (χ2n) is 4.49. The summed E-state index contributed by atoms with van der Waals surface area (Å²) in [6.07, 6.45) is 1.75. The van der Waals surface area contributed by atoms with Crippen molar-refractivity contribution in [3.8, 4) is 0 Å². The number of H-pyrrole nitrogens is 1. The highest BCUT2D eigenvalue weighted by atomic mass is 16.4. The third-order valence-corrected chi connectivity index (χ3v) is 3.24. The summed E-state index contributed by atoms with van der Waals surface area (Å²) in [6.45, 7) is 2.15. The molecule has 2 atom stereocenters. The van der Waals surface area contributed by atoms with Crippen LogP contribution in [0.5, 0.6) is 0 Å². The maximum Gasteiger partial charge on any atom is 0.326 e. The summed E-state index contributed by atoms with van der Waals surface area (Å²) in [5, 5.41) is 9.21. The van der Waals surface area contributed by atoms with Crippen molar-refractivity contribution in [3.63, 3.8) is 0 Å². The predicted molar refractivity (Wildman–Crippen MR) is 62.5 cm³/mol. The van der Waals surface area contributed by atoms with Crippen LogP contribution >= 0.6 is 0 Å². The van der Waals surface area contributed by atoms with Crippen molar-refractivity contribution in [2.75, 3.05) is 6.54 Å². The average Bonchev–Trinajstić information content (AvgIpc) is 2.82. The molecule has 7 nitrogen and oxygen atoms in total. The minimum Gasteiger partial charge on any atom is -0.480 e. The number of amides is 1. The van der Waals surface area contributed by atoms with Crippen LogP contribution in [-0.4, -0.2) is 44.4 Å². The van der Waals surface area contributed by atoms with Crippen molar-refractivity contribution in [1.82, 2.24) is 14.9 Å². The fourth-order valence-electron chi connectivity index (χ4n) is 2.07. The van der Waals surface area contributed by atoms with E-state index in [9.17, 15) is 14.7 Å². The zero-order valence-corrected chi connectivity index (χ0v) is 10.1. The first-order chi connectivity index (χ1) is 8.54. The van der Waals surface area contributed by atoms with Gasteiger partial charge in [0.1, 0.15) is 6.04 Å². The van der Waals surface area contributed by atoms with Crippen molar-refractivity contribution >= 4 is 11.9 Å². The van der Waals surface area contributed by atoms with Crippen LogP contribution in [0.15, 0.2) is 6.33 Å². The topological polar surface area (TPSA) is 112 Å². The second kappa shape index (κ2) is 4.77. The molecule has 1 amide bonds. The Kier molecular flexibility index (Phi) is 3.33. The monoisotopic (exact) mass is 252 g/mol. The largest absolute Gasteiger partial charge is 0.480 e.